The highest BCUT2D eigenvalue weighted by Gasteiger charge is 2.23. The molecule has 0 aliphatic carbocycles. The molecule has 0 aromatic carbocycles. The number of aromatic nitrogens is 4. The van der Waals surface area contributed by atoms with Crippen LogP contribution in [0.4, 0.5) is 5.82 Å². The van der Waals surface area contributed by atoms with Gasteiger partial charge in [-0.15, -0.1) is 0 Å². The molecule has 3 rings (SSSR count). The minimum absolute atomic E-state index is 0.241. The molecule has 2 aromatic heterocycles. The second-order valence-corrected chi connectivity index (χ2v) is 4.71. The van der Waals surface area contributed by atoms with Crippen LogP contribution in [0, 0.1) is 0 Å². The Morgan fingerprint density at radius 3 is 3.17 bits per heavy atom. The van der Waals surface area contributed by atoms with Crippen molar-refractivity contribution >= 4 is 16.9 Å². The molecule has 1 N–H and O–H groups in total. The smallest absolute Gasteiger partial charge is 0.163 e. The van der Waals surface area contributed by atoms with Gasteiger partial charge in [0, 0.05) is 13.7 Å². The summed E-state index contributed by atoms with van der Waals surface area (Å²) >= 11 is 0. The third-order valence-electron chi connectivity index (χ3n) is 3.42. The standard InChI is InChI=1S/C12H17N5O/c1-8(10-4-3-5-18-10)16-11-9-6-15-17(2)12(9)14-7-13-11/h6-8,10H,3-5H2,1-2H3,(H,13,14,16)/t8-,10+/m1/s1. The van der Waals surface area contributed by atoms with Crippen LogP contribution in [0.15, 0.2) is 12.5 Å². The topological polar surface area (TPSA) is 64.9 Å². The molecule has 0 radical (unpaired) electrons. The molecule has 1 aliphatic heterocycles. The molecule has 3 heterocycles. The van der Waals surface area contributed by atoms with Gasteiger partial charge in [0.05, 0.1) is 23.7 Å². The quantitative estimate of drug-likeness (QED) is 0.886. The molecule has 6 heteroatoms. The van der Waals surface area contributed by atoms with Gasteiger partial charge in [-0.25, -0.2) is 9.97 Å². The van der Waals surface area contributed by atoms with Crippen LogP contribution in [-0.4, -0.2) is 38.5 Å². The lowest BCUT2D eigenvalue weighted by Gasteiger charge is -2.20. The number of nitrogens with zero attached hydrogens (tertiary/aromatic N) is 4. The zero-order chi connectivity index (χ0) is 12.5. The zero-order valence-electron chi connectivity index (χ0n) is 10.6. The van der Waals surface area contributed by atoms with Crippen LogP contribution >= 0.6 is 0 Å². The second-order valence-electron chi connectivity index (χ2n) is 4.71. The number of fused-ring (bicyclic) bond motifs is 1. The van der Waals surface area contributed by atoms with Crippen LogP contribution in [0.3, 0.4) is 0 Å². The average molecular weight is 247 g/mol. The summed E-state index contributed by atoms with van der Waals surface area (Å²) in [5, 5.41) is 8.56. The van der Waals surface area contributed by atoms with E-state index in [2.05, 4.69) is 27.3 Å². The van der Waals surface area contributed by atoms with Gasteiger partial charge in [0.15, 0.2) is 5.65 Å². The predicted molar refractivity (Wildman–Crippen MR) is 68.4 cm³/mol. The summed E-state index contributed by atoms with van der Waals surface area (Å²) in [5.41, 5.74) is 0.840. The van der Waals surface area contributed by atoms with Crippen molar-refractivity contribution in [1.82, 2.24) is 19.7 Å². The van der Waals surface area contributed by atoms with Crippen molar-refractivity contribution in [2.75, 3.05) is 11.9 Å². The van der Waals surface area contributed by atoms with E-state index in [1.165, 1.54) is 0 Å². The zero-order valence-corrected chi connectivity index (χ0v) is 10.6. The Kier molecular flexibility index (Phi) is 2.87. The first kappa shape index (κ1) is 11.4. The molecule has 1 fully saturated rings. The Hall–Kier alpha value is -1.69. The monoisotopic (exact) mass is 247 g/mol. The Bertz CT molecular complexity index is 546. The van der Waals surface area contributed by atoms with Crippen LogP contribution in [0.25, 0.3) is 11.0 Å². The molecule has 0 bridgehead atoms. The van der Waals surface area contributed by atoms with E-state index in [1.807, 2.05) is 7.05 Å². The first-order valence-electron chi connectivity index (χ1n) is 6.26. The van der Waals surface area contributed by atoms with E-state index in [4.69, 9.17) is 4.74 Å². The van der Waals surface area contributed by atoms with Crippen molar-refractivity contribution in [2.45, 2.75) is 31.9 Å². The molecule has 2 aromatic rings. The molecular formula is C12H17N5O. The molecule has 2 atom stereocenters. The summed E-state index contributed by atoms with van der Waals surface area (Å²) in [5.74, 6) is 0.830. The van der Waals surface area contributed by atoms with E-state index in [-0.39, 0.29) is 12.1 Å². The third kappa shape index (κ3) is 1.92. The first-order valence-corrected chi connectivity index (χ1v) is 6.26. The summed E-state index contributed by atoms with van der Waals surface area (Å²) < 4.78 is 7.43. The number of anilines is 1. The third-order valence-corrected chi connectivity index (χ3v) is 3.42. The lowest BCUT2D eigenvalue weighted by molar-refractivity contribution is 0.0996. The van der Waals surface area contributed by atoms with Crippen molar-refractivity contribution in [3.8, 4) is 0 Å². The molecule has 0 saturated carbocycles. The Balaban J connectivity index is 1.85. The van der Waals surface area contributed by atoms with E-state index in [0.29, 0.717) is 0 Å². The highest BCUT2D eigenvalue weighted by molar-refractivity contribution is 5.86. The van der Waals surface area contributed by atoms with E-state index in [0.717, 1.165) is 36.3 Å². The SMILES string of the molecule is C[C@@H](Nc1ncnc2c1cnn2C)[C@@H]1CCCO1. The van der Waals surface area contributed by atoms with Crippen molar-refractivity contribution in [3.05, 3.63) is 12.5 Å². The van der Waals surface area contributed by atoms with Crippen LogP contribution in [-0.2, 0) is 11.8 Å². The largest absolute Gasteiger partial charge is 0.376 e. The number of aryl methyl sites for hydroxylation is 1. The van der Waals surface area contributed by atoms with Crippen LogP contribution < -0.4 is 5.32 Å². The van der Waals surface area contributed by atoms with Crippen molar-refractivity contribution in [2.24, 2.45) is 7.05 Å². The Morgan fingerprint density at radius 2 is 2.39 bits per heavy atom. The summed E-state index contributed by atoms with van der Waals surface area (Å²) in [6, 6.07) is 0.241. The predicted octanol–water partition coefficient (Wildman–Crippen LogP) is 1.34. The van der Waals surface area contributed by atoms with Gasteiger partial charge >= 0.3 is 0 Å². The van der Waals surface area contributed by atoms with Crippen molar-refractivity contribution < 1.29 is 4.74 Å². The van der Waals surface area contributed by atoms with Crippen molar-refractivity contribution in [3.63, 3.8) is 0 Å². The maximum Gasteiger partial charge on any atom is 0.163 e. The number of hydrogen-bond donors (Lipinski definition) is 1. The van der Waals surface area contributed by atoms with Crippen LogP contribution in [0.5, 0.6) is 0 Å². The highest BCUT2D eigenvalue weighted by atomic mass is 16.5. The fourth-order valence-corrected chi connectivity index (χ4v) is 2.38. The molecule has 0 spiro atoms. The van der Waals surface area contributed by atoms with Gasteiger partial charge in [0.25, 0.3) is 0 Å². The normalized spacial score (nSPS) is 21.3. The lowest BCUT2D eigenvalue weighted by atomic mass is 10.1. The number of nitrogens with one attached hydrogen (secondary N) is 1. The minimum Gasteiger partial charge on any atom is -0.376 e. The second kappa shape index (κ2) is 4.53. The van der Waals surface area contributed by atoms with E-state index in [1.54, 1.807) is 17.2 Å². The minimum atomic E-state index is 0.241. The molecular weight excluding hydrogens is 230 g/mol. The number of ether oxygens (including phenoxy) is 1. The van der Waals surface area contributed by atoms with E-state index in [9.17, 15) is 0 Å². The highest BCUT2D eigenvalue weighted by Crippen LogP contribution is 2.22. The van der Waals surface area contributed by atoms with E-state index < -0.39 is 0 Å². The van der Waals surface area contributed by atoms with Gasteiger partial charge in [0.1, 0.15) is 12.1 Å². The van der Waals surface area contributed by atoms with Gasteiger partial charge in [-0.1, -0.05) is 0 Å². The molecule has 0 amide bonds. The lowest BCUT2D eigenvalue weighted by Crippen LogP contribution is -2.30. The molecule has 6 nitrogen and oxygen atoms in total. The van der Waals surface area contributed by atoms with Crippen molar-refractivity contribution in [1.29, 1.82) is 0 Å². The van der Waals surface area contributed by atoms with Gasteiger partial charge in [-0.2, -0.15) is 5.10 Å². The summed E-state index contributed by atoms with van der Waals surface area (Å²) in [7, 11) is 1.88. The maximum atomic E-state index is 5.68. The first-order chi connectivity index (χ1) is 8.75. The van der Waals surface area contributed by atoms with Gasteiger partial charge in [-0.3, -0.25) is 4.68 Å². The number of rotatable bonds is 3. The summed E-state index contributed by atoms with van der Waals surface area (Å²) in [4.78, 5) is 8.52. The molecule has 1 aliphatic rings. The molecule has 0 unspecified atom stereocenters. The summed E-state index contributed by atoms with van der Waals surface area (Å²) in [6.07, 6.45) is 5.87. The molecule has 96 valence electrons. The average Bonchev–Trinajstić information content (AvgIpc) is 3.00. The molecule has 1 saturated heterocycles. The van der Waals surface area contributed by atoms with Crippen LogP contribution in [0.2, 0.25) is 0 Å². The number of hydrogen-bond acceptors (Lipinski definition) is 5. The fourth-order valence-electron chi connectivity index (χ4n) is 2.38. The molecule has 18 heavy (non-hydrogen) atoms. The van der Waals surface area contributed by atoms with Gasteiger partial charge < -0.3 is 10.1 Å². The Morgan fingerprint density at radius 1 is 1.50 bits per heavy atom. The van der Waals surface area contributed by atoms with Gasteiger partial charge in [0.2, 0.25) is 0 Å². The van der Waals surface area contributed by atoms with Crippen LogP contribution in [0.1, 0.15) is 19.8 Å². The van der Waals surface area contributed by atoms with E-state index >= 15 is 0 Å². The summed E-state index contributed by atoms with van der Waals surface area (Å²) in [6.45, 7) is 2.99. The van der Waals surface area contributed by atoms with Gasteiger partial charge in [-0.05, 0) is 19.8 Å². The Labute approximate surface area is 105 Å². The fraction of sp³-hybridized carbons (Fsp3) is 0.583. The maximum absolute atomic E-state index is 5.68.